The fourth-order valence-electron chi connectivity index (χ4n) is 1.73. The lowest BCUT2D eigenvalue weighted by Crippen LogP contribution is -2.16. The van der Waals surface area contributed by atoms with Gasteiger partial charge in [-0.25, -0.2) is 4.39 Å². The molecule has 0 aliphatic heterocycles. The SMILES string of the molecule is CCc1cn[nH]c1NC(=O)Cc1c(F)cccc1Cl. The number of rotatable bonds is 4. The van der Waals surface area contributed by atoms with Crippen molar-refractivity contribution in [1.29, 1.82) is 0 Å². The number of aromatic nitrogens is 2. The second-order valence-corrected chi connectivity index (χ2v) is 4.46. The molecule has 0 unspecified atom stereocenters. The predicted molar refractivity (Wildman–Crippen MR) is 71.7 cm³/mol. The third kappa shape index (κ3) is 3.12. The Balaban J connectivity index is 2.10. The van der Waals surface area contributed by atoms with Gasteiger partial charge in [-0.2, -0.15) is 5.10 Å². The number of nitrogens with zero attached hydrogens (tertiary/aromatic N) is 1. The van der Waals surface area contributed by atoms with Crippen molar-refractivity contribution in [2.45, 2.75) is 19.8 Å². The van der Waals surface area contributed by atoms with Gasteiger partial charge in [0.2, 0.25) is 5.91 Å². The van der Waals surface area contributed by atoms with Crippen LogP contribution in [-0.4, -0.2) is 16.1 Å². The van der Waals surface area contributed by atoms with Crippen molar-refractivity contribution in [2.75, 3.05) is 5.32 Å². The molecule has 0 saturated carbocycles. The van der Waals surface area contributed by atoms with Gasteiger partial charge in [0.05, 0.1) is 12.6 Å². The molecule has 100 valence electrons. The van der Waals surface area contributed by atoms with E-state index in [0.717, 1.165) is 12.0 Å². The van der Waals surface area contributed by atoms with Crippen LogP contribution in [-0.2, 0) is 17.6 Å². The highest BCUT2D eigenvalue weighted by molar-refractivity contribution is 6.31. The quantitative estimate of drug-likeness (QED) is 0.905. The summed E-state index contributed by atoms with van der Waals surface area (Å²) in [4.78, 5) is 11.9. The molecular formula is C13H13ClFN3O. The van der Waals surface area contributed by atoms with Crippen molar-refractivity contribution in [2.24, 2.45) is 0 Å². The zero-order valence-corrected chi connectivity index (χ0v) is 11.1. The van der Waals surface area contributed by atoms with Crippen LogP contribution in [0.15, 0.2) is 24.4 Å². The maximum absolute atomic E-state index is 13.6. The number of carbonyl (C=O) groups excluding carboxylic acids is 1. The van der Waals surface area contributed by atoms with E-state index in [1.807, 2.05) is 6.92 Å². The predicted octanol–water partition coefficient (Wildman–Crippen LogP) is 2.95. The molecule has 0 radical (unpaired) electrons. The van der Waals surface area contributed by atoms with E-state index in [9.17, 15) is 9.18 Å². The van der Waals surface area contributed by atoms with Gasteiger partial charge in [0.15, 0.2) is 0 Å². The second kappa shape index (κ2) is 5.84. The number of aromatic amines is 1. The molecule has 1 aromatic carbocycles. The average molecular weight is 282 g/mol. The molecule has 0 bridgehead atoms. The minimum atomic E-state index is -0.483. The van der Waals surface area contributed by atoms with Crippen LogP contribution in [0, 0.1) is 5.82 Å². The van der Waals surface area contributed by atoms with Crippen LogP contribution in [0.4, 0.5) is 10.2 Å². The average Bonchev–Trinajstić information content (AvgIpc) is 2.81. The number of benzene rings is 1. The smallest absolute Gasteiger partial charge is 0.230 e. The van der Waals surface area contributed by atoms with Crippen LogP contribution in [0.5, 0.6) is 0 Å². The molecule has 1 amide bonds. The number of aryl methyl sites for hydroxylation is 1. The zero-order chi connectivity index (χ0) is 13.8. The molecule has 0 saturated heterocycles. The molecule has 4 nitrogen and oxygen atoms in total. The molecule has 19 heavy (non-hydrogen) atoms. The first-order chi connectivity index (χ1) is 9.11. The van der Waals surface area contributed by atoms with E-state index < -0.39 is 5.82 Å². The number of H-pyrrole nitrogens is 1. The molecule has 0 aliphatic rings. The number of anilines is 1. The van der Waals surface area contributed by atoms with Gasteiger partial charge in [0.1, 0.15) is 11.6 Å². The van der Waals surface area contributed by atoms with E-state index in [1.54, 1.807) is 12.3 Å². The van der Waals surface area contributed by atoms with E-state index in [2.05, 4.69) is 15.5 Å². The van der Waals surface area contributed by atoms with Crippen LogP contribution in [0.1, 0.15) is 18.1 Å². The lowest BCUT2D eigenvalue weighted by molar-refractivity contribution is -0.115. The number of nitrogens with one attached hydrogen (secondary N) is 2. The molecule has 2 rings (SSSR count). The molecule has 1 heterocycles. The monoisotopic (exact) mass is 281 g/mol. The van der Waals surface area contributed by atoms with E-state index in [0.29, 0.717) is 5.82 Å². The maximum Gasteiger partial charge on any atom is 0.230 e. The minimum absolute atomic E-state index is 0.117. The second-order valence-electron chi connectivity index (χ2n) is 4.05. The Hall–Kier alpha value is -1.88. The van der Waals surface area contributed by atoms with Crippen molar-refractivity contribution >= 4 is 23.3 Å². The molecule has 0 atom stereocenters. The summed E-state index contributed by atoms with van der Waals surface area (Å²) in [5.74, 6) is -0.283. The number of amides is 1. The summed E-state index contributed by atoms with van der Waals surface area (Å²) in [5.41, 5.74) is 1.09. The fourth-order valence-corrected chi connectivity index (χ4v) is 1.96. The summed E-state index contributed by atoms with van der Waals surface area (Å²) in [5, 5.41) is 9.45. The van der Waals surface area contributed by atoms with Gasteiger partial charge in [0.25, 0.3) is 0 Å². The summed E-state index contributed by atoms with van der Waals surface area (Å²) >= 11 is 5.87. The van der Waals surface area contributed by atoms with Crippen LogP contribution in [0.3, 0.4) is 0 Å². The molecular weight excluding hydrogens is 269 g/mol. The first-order valence-electron chi connectivity index (χ1n) is 5.86. The van der Waals surface area contributed by atoms with Gasteiger partial charge >= 0.3 is 0 Å². The lowest BCUT2D eigenvalue weighted by Gasteiger charge is -2.07. The van der Waals surface area contributed by atoms with E-state index in [1.165, 1.54) is 12.1 Å². The van der Waals surface area contributed by atoms with Gasteiger partial charge < -0.3 is 5.32 Å². The van der Waals surface area contributed by atoms with E-state index >= 15 is 0 Å². The van der Waals surface area contributed by atoms with Crippen molar-refractivity contribution in [3.63, 3.8) is 0 Å². The molecule has 2 N–H and O–H groups in total. The Morgan fingerprint density at radius 2 is 2.32 bits per heavy atom. The standard InChI is InChI=1S/C13H13ClFN3O/c1-2-8-7-16-18-13(8)17-12(19)6-9-10(14)4-3-5-11(9)15/h3-5,7H,2,6H2,1H3,(H2,16,17,18,19). The Morgan fingerprint density at radius 1 is 1.53 bits per heavy atom. The minimum Gasteiger partial charge on any atom is -0.311 e. The molecule has 0 fully saturated rings. The highest BCUT2D eigenvalue weighted by atomic mass is 35.5. The van der Waals surface area contributed by atoms with Crippen molar-refractivity contribution < 1.29 is 9.18 Å². The Kier molecular flexibility index (Phi) is 4.16. The molecule has 0 spiro atoms. The molecule has 0 aliphatic carbocycles. The largest absolute Gasteiger partial charge is 0.311 e. The summed E-state index contributed by atoms with van der Waals surface area (Å²) in [7, 11) is 0. The molecule has 6 heteroatoms. The summed E-state index contributed by atoms with van der Waals surface area (Å²) < 4.78 is 13.6. The first-order valence-corrected chi connectivity index (χ1v) is 6.24. The number of hydrogen-bond acceptors (Lipinski definition) is 2. The summed E-state index contributed by atoms with van der Waals surface area (Å²) in [6.07, 6.45) is 2.27. The number of halogens is 2. The van der Waals surface area contributed by atoms with E-state index in [4.69, 9.17) is 11.6 Å². The van der Waals surface area contributed by atoms with Crippen LogP contribution >= 0.6 is 11.6 Å². The number of hydrogen-bond donors (Lipinski definition) is 2. The Morgan fingerprint density at radius 3 is 3.00 bits per heavy atom. The van der Waals surface area contributed by atoms with E-state index in [-0.39, 0.29) is 22.9 Å². The third-order valence-electron chi connectivity index (χ3n) is 2.76. The van der Waals surface area contributed by atoms with Gasteiger partial charge in [-0.15, -0.1) is 0 Å². The maximum atomic E-state index is 13.6. The highest BCUT2D eigenvalue weighted by Crippen LogP contribution is 2.20. The van der Waals surface area contributed by atoms with Gasteiger partial charge in [-0.05, 0) is 18.6 Å². The number of carbonyl (C=O) groups is 1. The van der Waals surface area contributed by atoms with Gasteiger partial charge in [-0.3, -0.25) is 9.89 Å². The van der Waals surface area contributed by atoms with Crippen molar-refractivity contribution in [1.82, 2.24) is 10.2 Å². The fraction of sp³-hybridized carbons (Fsp3) is 0.231. The zero-order valence-electron chi connectivity index (χ0n) is 10.3. The first kappa shape index (κ1) is 13.5. The molecule has 2 aromatic rings. The highest BCUT2D eigenvalue weighted by Gasteiger charge is 2.13. The van der Waals surface area contributed by atoms with Gasteiger partial charge in [-0.1, -0.05) is 24.6 Å². The summed E-state index contributed by atoms with van der Waals surface area (Å²) in [6.45, 7) is 1.95. The van der Waals surface area contributed by atoms with Crippen molar-refractivity contribution in [3.8, 4) is 0 Å². The topological polar surface area (TPSA) is 57.8 Å². The molecule has 1 aromatic heterocycles. The lowest BCUT2D eigenvalue weighted by atomic mass is 10.1. The Bertz CT molecular complexity index is 577. The van der Waals surface area contributed by atoms with Crippen LogP contribution in [0.25, 0.3) is 0 Å². The van der Waals surface area contributed by atoms with Crippen LogP contribution in [0.2, 0.25) is 5.02 Å². The van der Waals surface area contributed by atoms with Crippen LogP contribution < -0.4 is 5.32 Å². The van der Waals surface area contributed by atoms with Gasteiger partial charge in [0, 0.05) is 16.1 Å². The summed E-state index contributed by atoms with van der Waals surface area (Å²) in [6, 6.07) is 4.34. The third-order valence-corrected chi connectivity index (χ3v) is 3.12. The normalized spacial score (nSPS) is 10.5. The Labute approximate surface area is 115 Å². The van der Waals surface area contributed by atoms with Crippen molar-refractivity contribution in [3.05, 3.63) is 46.4 Å².